The van der Waals surface area contributed by atoms with E-state index in [2.05, 4.69) is 12.1 Å². The summed E-state index contributed by atoms with van der Waals surface area (Å²) in [4.78, 5) is 0. The van der Waals surface area contributed by atoms with Crippen molar-refractivity contribution in [3.05, 3.63) is 36.0 Å². The van der Waals surface area contributed by atoms with Crippen LogP contribution in [0.25, 0.3) is 11.3 Å². The smallest absolute Gasteiger partial charge is 0.167 e. The van der Waals surface area contributed by atoms with Crippen molar-refractivity contribution < 1.29 is 14.4 Å². The third-order valence-corrected chi connectivity index (χ3v) is 2.77. The first kappa shape index (κ1) is 12.6. The van der Waals surface area contributed by atoms with Gasteiger partial charge in [-0.1, -0.05) is 12.1 Å². The summed E-state index contributed by atoms with van der Waals surface area (Å²) in [6, 6.07) is 9.37. The SMILES string of the molecule is CCC(C)Oc1ccc(-c2cc(CO)no2)cc1. The Balaban J connectivity index is 2.11. The second-order valence-corrected chi connectivity index (χ2v) is 4.20. The summed E-state index contributed by atoms with van der Waals surface area (Å²) in [5, 5.41) is 12.7. The molecule has 0 saturated carbocycles. The lowest BCUT2D eigenvalue weighted by Gasteiger charge is -2.12. The average Bonchev–Trinajstić information content (AvgIpc) is 2.88. The van der Waals surface area contributed by atoms with Crippen molar-refractivity contribution in [2.24, 2.45) is 0 Å². The van der Waals surface area contributed by atoms with Gasteiger partial charge in [-0.3, -0.25) is 0 Å². The molecule has 0 bridgehead atoms. The fourth-order valence-corrected chi connectivity index (χ4v) is 1.54. The first-order valence-electron chi connectivity index (χ1n) is 6.06. The van der Waals surface area contributed by atoms with E-state index in [1.54, 1.807) is 6.07 Å². The quantitative estimate of drug-likeness (QED) is 0.882. The van der Waals surface area contributed by atoms with Crippen LogP contribution >= 0.6 is 0 Å². The highest BCUT2D eigenvalue weighted by molar-refractivity contribution is 5.58. The number of aromatic nitrogens is 1. The Morgan fingerprint density at radius 2 is 2.06 bits per heavy atom. The van der Waals surface area contributed by atoms with Gasteiger partial charge >= 0.3 is 0 Å². The van der Waals surface area contributed by atoms with Gasteiger partial charge in [-0.15, -0.1) is 0 Å². The van der Waals surface area contributed by atoms with E-state index in [-0.39, 0.29) is 12.7 Å². The molecule has 0 amide bonds. The van der Waals surface area contributed by atoms with Crippen molar-refractivity contribution in [2.75, 3.05) is 0 Å². The van der Waals surface area contributed by atoms with Crippen LogP contribution < -0.4 is 4.74 Å². The zero-order valence-electron chi connectivity index (χ0n) is 10.6. The van der Waals surface area contributed by atoms with E-state index in [1.807, 2.05) is 31.2 Å². The van der Waals surface area contributed by atoms with E-state index < -0.39 is 0 Å². The molecule has 0 radical (unpaired) electrons. The highest BCUT2D eigenvalue weighted by Crippen LogP contribution is 2.23. The van der Waals surface area contributed by atoms with Gasteiger partial charge in [0.2, 0.25) is 0 Å². The Morgan fingerprint density at radius 1 is 1.33 bits per heavy atom. The molecule has 0 aliphatic heterocycles. The van der Waals surface area contributed by atoms with Crippen LogP contribution in [-0.4, -0.2) is 16.4 Å². The molecule has 4 heteroatoms. The number of hydrogen-bond donors (Lipinski definition) is 1. The molecule has 1 atom stereocenters. The molecule has 0 aliphatic rings. The molecule has 2 aromatic rings. The molecule has 1 aromatic carbocycles. The van der Waals surface area contributed by atoms with Crippen molar-refractivity contribution in [2.45, 2.75) is 33.0 Å². The van der Waals surface area contributed by atoms with Crippen LogP contribution in [0.5, 0.6) is 5.75 Å². The lowest BCUT2D eigenvalue weighted by Crippen LogP contribution is -2.09. The van der Waals surface area contributed by atoms with Gasteiger partial charge in [-0.2, -0.15) is 0 Å². The summed E-state index contributed by atoms with van der Waals surface area (Å²) < 4.78 is 10.8. The molecule has 96 valence electrons. The average molecular weight is 247 g/mol. The standard InChI is InChI=1S/C14H17NO3/c1-3-10(2)17-13-6-4-11(5-7-13)14-8-12(9-16)15-18-14/h4-8,10,16H,3,9H2,1-2H3. The van der Waals surface area contributed by atoms with Crippen LogP contribution in [-0.2, 0) is 6.61 Å². The van der Waals surface area contributed by atoms with Crippen LogP contribution in [0.15, 0.2) is 34.9 Å². The molecule has 0 fully saturated rings. The lowest BCUT2D eigenvalue weighted by molar-refractivity contribution is 0.217. The summed E-state index contributed by atoms with van der Waals surface area (Å²) in [7, 11) is 0. The molecule has 2 rings (SSSR count). The van der Waals surface area contributed by atoms with Crippen molar-refractivity contribution in [3.8, 4) is 17.1 Å². The minimum Gasteiger partial charge on any atom is -0.491 e. The molecule has 18 heavy (non-hydrogen) atoms. The number of aliphatic hydroxyl groups excluding tert-OH is 1. The minimum absolute atomic E-state index is 0.112. The number of ether oxygens (including phenoxy) is 1. The van der Waals surface area contributed by atoms with Gasteiger partial charge < -0.3 is 14.4 Å². The lowest BCUT2D eigenvalue weighted by atomic mass is 10.1. The zero-order chi connectivity index (χ0) is 13.0. The Morgan fingerprint density at radius 3 is 2.61 bits per heavy atom. The summed E-state index contributed by atoms with van der Waals surface area (Å²) in [5.41, 5.74) is 1.45. The van der Waals surface area contributed by atoms with Gasteiger partial charge in [0.15, 0.2) is 5.76 Å². The predicted molar refractivity (Wildman–Crippen MR) is 68.2 cm³/mol. The van der Waals surface area contributed by atoms with Gasteiger partial charge in [-0.05, 0) is 37.6 Å². The van der Waals surface area contributed by atoms with Crippen LogP contribution in [0, 0.1) is 0 Å². The predicted octanol–water partition coefficient (Wildman–Crippen LogP) is 3.01. The topological polar surface area (TPSA) is 55.5 Å². The fourth-order valence-electron chi connectivity index (χ4n) is 1.54. The van der Waals surface area contributed by atoms with Crippen LogP contribution in [0.3, 0.4) is 0 Å². The Bertz CT molecular complexity index is 490. The second-order valence-electron chi connectivity index (χ2n) is 4.20. The molecule has 4 nitrogen and oxygen atoms in total. The third kappa shape index (κ3) is 2.90. The van der Waals surface area contributed by atoms with Gasteiger partial charge in [-0.25, -0.2) is 0 Å². The number of aliphatic hydroxyl groups is 1. The van der Waals surface area contributed by atoms with Crippen molar-refractivity contribution >= 4 is 0 Å². The maximum Gasteiger partial charge on any atom is 0.167 e. The number of nitrogens with zero attached hydrogens (tertiary/aromatic N) is 1. The Labute approximate surface area is 106 Å². The van der Waals surface area contributed by atoms with E-state index in [4.69, 9.17) is 14.4 Å². The number of hydrogen-bond acceptors (Lipinski definition) is 4. The van der Waals surface area contributed by atoms with Crippen LogP contribution in [0.2, 0.25) is 0 Å². The van der Waals surface area contributed by atoms with Crippen LogP contribution in [0.1, 0.15) is 26.0 Å². The molecule has 1 aromatic heterocycles. The van der Waals surface area contributed by atoms with Crippen molar-refractivity contribution in [3.63, 3.8) is 0 Å². The highest BCUT2D eigenvalue weighted by atomic mass is 16.5. The van der Waals surface area contributed by atoms with Gasteiger partial charge in [0.05, 0.1) is 12.7 Å². The minimum atomic E-state index is -0.112. The van der Waals surface area contributed by atoms with Gasteiger partial charge in [0.25, 0.3) is 0 Å². The van der Waals surface area contributed by atoms with E-state index in [0.717, 1.165) is 17.7 Å². The second kappa shape index (κ2) is 5.69. The largest absolute Gasteiger partial charge is 0.491 e. The Hall–Kier alpha value is -1.81. The first-order valence-corrected chi connectivity index (χ1v) is 6.06. The molecule has 0 spiro atoms. The molecule has 0 aliphatic carbocycles. The maximum atomic E-state index is 8.93. The first-order chi connectivity index (χ1) is 8.72. The summed E-state index contributed by atoms with van der Waals surface area (Å²) in [5.74, 6) is 1.49. The Kier molecular flexibility index (Phi) is 3.99. The normalized spacial score (nSPS) is 12.4. The van der Waals surface area contributed by atoms with E-state index >= 15 is 0 Å². The number of benzene rings is 1. The van der Waals surface area contributed by atoms with E-state index in [0.29, 0.717) is 11.5 Å². The monoisotopic (exact) mass is 247 g/mol. The van der Waals surface area contributed by atoms with E-state index in [9.17, 15) is 0 Å². The van der Waals surface area contributed by atoms with E-state index in [1.165, 1.54) is 0 Å². The summed E-state index contributed by atoms with van der Waals surface area (Å²) in [6.07, 6.45) is 1.19. The van der Waals surface area contributed by atoms with Crippen molar-refractivity contribution in [1.82, 2.24) is 5.16 Å². The molecule has 1 N–H and O–H groups in total. The fraction of sp³-hybridized carbons (Fsp3) is 0.357. The van der Waals surface area contributed by atoms with Crippen molar-refractivity contribution in [1.29, 1.82) is 0 Å². The molecule has 1 heterocycles. The summed E-state index contributed by atoms with van der Waals surface area (Å²) in [6.45, 7) is 4.01. The maximum absolute atomic E-state index is 8.93. The third-order valence-electron chi connectivity index (χ3n) is 2.77. The molecule has 0 saturated heterocycles. The van der Waals surface area contributed by atoms with Crippen LogP contribution in [0.4, 0.5) is 0 Å². The van der Waals surface area contributed by atoms with Gasteiger partial charge in [0, 0.05) is 11.6 Å². The zero-order valence-corrected chi connectivity index (χ0v) is 10.6. The molecular formula is C14H17NO3. The highest BCUT2D eigenvalue weighted by Gasteiger charge is 2.07. The summed E-state index contributed by atoms with van der Waals surface area (Å²) >= 11 is 0. The van der Waals surface area contributed by atoms with Gasteiger partial charge in [0.1, 0.15) is 11.4 Å². The number of rotatable bonds is 5. The molecular weight excluding hydrogens is 230 g/mol. The molecule has 1 unspecified atom stereocenters.